The molecule has 0 saturated heterocycles. The van der Waals surface area contributed by atoms with E-state index in [0.29, 0.717) is 22.1 Å². The highest BCUT2D eigenvalue weighted by Gasteiger charge is 2.17. The summed E-state index contributed by atoms with van der Waals surface area (Å²) >= 11 is 11.0. The number of rotatable bonds is 5. The lowest BCUT2D eigenvalue weighted by atomic mass is 10.1. The number of aryl methyl sites for hydroxylation is 1. The SMILES string of the molecule is CCCOc1ccc(C(=O)c2scc(C)c2Cl)cc1Br. The minimum absolute atomic E-state index is 0.0594. The second kappa shape index (κ2) is 6.74. The zero-order valence-corrected chi connectivity index (χ0v) is 14.4. The van der Waals surface area contributed by atoms with Gasteiger partial charge in [0.1, 0.15) is 5.75 Å². The number of halogens is 2. The maximum absolute atomic E-state index is 12.4. The number of carbonyl (C=O) groups is 1. The van der Waals surface area contributed by atoms with Crippen molar-refractivity contribution in [2.45, 2.75) is 20.3 Å². The van der Waals surface area contributed by atoms with Crippen molar-refractivity contribution >= 4 is 44.7 Å². The van der Waals surface area contributed by atoms with Gasteiger partial charge in [-0.05, 0) is 58.4 Å². The van der Waals surface area contributed by atoms with Crippen molar-refractivity contribution in [1.82, 2.24) is 0 Å². The molecule has 0 bridgehead atoms. The van der Waals surface area contributed by atoms with Gasteiger partial charge in [-0.15, -0.1) is 11.3 Å². The Morgan fingerprint density at radius 2 is 2.20 bits per heavy atom. The maximum atomic E-state index is 12.4. The van der Waals surface area contributed by atoms with E-state index in [9.17, 15) is 4.79 Å². The Labute approximate surface area is 135 Å². The van der Waals surface area contributed by atoms with Gasteiger partial charge in [0.05, 0.1) is 21.0 Å². The second-order valence-corrected chi connectivity index (χ2v) is 6.50. The Morgan fingerprint density at radius 1 is 1.45 bits per heavy atom. The highest BCUT2D eigenvalue weighted by atomic mass is 79.9. The Bertz CT molecular complexity index is 637. The number of thiophene rings is 1. The van der Waals surface area contributed by atoms with Gasteiger partial charge >= 0.3 is 0 Å². The monoisotopic (exact) mass is 372 g/mol. The van der Waals surface area contributed by atoms with Crippen LogP contribution in [0.15, 0.2) is 28.1 Å². The molecule has 5 heteroatoms. The molecule has 0 unspecified atom stereocenters. The van der Waals surface area contributed by atoms with E-state index in [4.69, 9.17) is 16.3 Å². The molecule has 0 N–H and O–H groups in total. The molecule has 106 valence electrons. The summed E-state index contributed by atoms with van der Waals surface area (Å²) in [6, 6.07) is 5.35. The smallest absolute Gasteiger partial charge is 0.204 e. The Hall–Kier alpha value is -0.840. The maximum Gasteiger partial charge on any atom is 0.204 e. The Kier molecular flexibility index (Phi) is 5.24. The number of benzene rings is 1. The van der Waals surface area contributed by atoms with Crippen LogP contribution in [0.5, 0.6) is 5.75 Å². The fourth-order valence-corrected chi connectivity index (χ4v) is 3.42. The standard InChI is InChI=1S/C15H14BrClO2S/c1-3-6-19-12-5-4-10(7-11(12)16)14(18)15-13(17)9(2)8-20-15/h4-5,7-8H,3,6H2,1-2H3. The van der Waals surface area contributed by atoms with Crippen LogP contribution in [0, 0.1) is 6.92 Å². The van der Waals surface area contributed by atoms with E-state index in [1.807, 2.05) is 19.2 Å². The molecule has 0 radical (unpaired) electrons. The molecule has 0 aliphatic heterocycles. The third kappa shape index (κ3) is 3.25. The van der Waals surface area contributed by atoms with Gasteiger partial charge in [-0.3, -0.25) is 4.79 Å². The van der Waals surface area contributed by atoms with Crippen LogP contribution in [0.2, 0.25) is 5.02 Å². The lowest BCUT2D eigenvalue weighted by molar-refractivity contribution is 0.104. The Morgan fingerprint density at radius 3 is 2.75 bits per heavy atom. The summed E-state index contributed by atoms with van der Waals surface area (Å²) in [6.45, 7) is 4.60. The first-order chi connectivity index (χ1) is 9.54. The van der Waals surface area contributed by atoms with Crippen LogP contribution < -0.4 is 4.74 Å². The van der Waals surface area contributed by atoms with Crippen molar-refractivity contribution in [1.29, 1.82) is 0 Å². The van der Waals surface area contributed by atoms with Crippen LogP contribution in [0.1, 0.15) is 34.1 Å². The molecule has 0 spiro atoms. The van der Waals surface area contributed by atoms with Gasteiger partial charge in [0.15, 0.2) is 0 Å². The van der Waals surface area contributed by atoms with Crippen LogP contribution in [0.4, 0.5) is 0 Å². The molecule has 2 nitrogen and oxygen atoms in total. The molecule has 0 saturated carbocycles. The molecule has 0 aliphatic rings. The van der Waals surface area contributed by atoms with Crippen LogP contribution in [-0.4, -0.2) is 12.4 Å². The molecule has 20 heavy (non-hydrogen) atoms. The van der Waals surface area contributed by atoms with E-state index in [1.54, 1.807) is 18.2 Å². The summed E-state index contributed by atoms with van der Waals surface area (Å²) in [4.78, 5) is 13.0. The van der Waals surface area contributed by atoms with Crippen molar-refractivity contribution in [3.8, 4) is 5.75 Å². The van der Waals surface area contributed by atoms with Crippen LogP contribution >= 0.6 is 38.9 Å². The number of carbonyl (C=O) groups excluding carboxylic acids is 1. The first-order valence-electron chi connectivity index (χ1n) is 6.25. The fraction of sp³-hybridized carbons (Fsp3) is 0.267. The van der Waals surface area contributed by atoms with E-state index < -0.39 is 0 Å². The molecule has 2 aromatic rings. The summed E-state index contributed by atoms with van der Waals surface area (Å²) in [5.74, 6) is 0.688. The predicted molar refractivity (Wildman–Crippen MR) is 87.4 cm³/mol. The van der Waals surface area contributed by atoms with Crippen LogP contribution in [0.3, 0.4) is 0 Å². The first-order valence-corrected chi connectivity index (χ1v) is 8.30. The summed E-state index contributed by atoms with van der Waals surface area (Å²) in [5, 5.41) is 2.44. The van der Waals surface area contributed by atoms with Crippen molar-refractivity contribution < 1.29 is 9.53 Å². The van der Waals surface area contributed by atoms with Crippen molar-refractivity contribution in [2.75, 3.05) is 6.61 Å². The molecule has 1 aromatic carbocycles. The van der Waals surface area contributed by atoms with Crippen molar-refractivity contribution in [3.63, 3.8) is 0 Å². The molecular formula is C15H14BrClO2S. The van der Waals surface area contributed by atoms with Crippen molar-refractivity contribution in [3.05, 3.63) is 49.1 Å². The molecule has 1 aromatic heterocycles. The third-order valence-corrected chi connectivity index (χ3v) is 5.08. The minimum Gasteiger partial charge on any atom is -0.492 e. The first kappa shape index (κ1) is 15.5. The molecule has 0 fully saturated rings. The van der Waals surface area contributed by atoms with Crippen LogP contribution in [0.25, 0.3) is 0 Å². The zero-order chi connectivity index (χ0) is 14.7. The van der Waals surface area contributed by atoms with E-state index in [1.165, 1.54) is 11.3 Å². The topological polar surface area (TPSA) is 26.3 Å². The fourth-order valence-electron chi connectivity index (χ4n) is 1.69. The van der Waals surface area contributed by atoms with Crippen LogP contribution in [-0.2, 0) is 0 Å². The lowest BCUT2D eigenvalue weighted by Crippen LogP contribution is -2.01. The molecule has 0 amide bonds. The molecule has 1 heterocycles. The highest BCUT2D eigenvalue weighted by molar-refractivity contribution is 9.10. The highest BCUT2D eigenvalue weighted by Crippen LogP contribution is 2.32. The molecule has 2 rings (SSSR count). The third-order valence-electron chi connectivity index (χ3n) is 2.76. The average molecular weight is 374 g/mol. The van der Waals surface area contributed by atoms with Crippen molar-refractivity contribution in [2.24, 2.45) is 0 Å². The van der Waals surface area contributed by atoms with Gasteiger partial charge in [0.2, 0.25) is 5.78 Å². The number of ether oxygens (including phenoxy) is 1. The largest absolute Gasteiger partial charge is 0.492 e. The van der Waals surface area contributed by atoms with E-state index in [2.05, 4.69) is 15.9 Å². The number of hydrogen-bond donors (Lipinski definition) is 0. The zero-order valence-electron chi connectivity index (χ0n) is 11.2. The second-order valence-electron chi connectivity index (χ2n) is 4.38. The molecular weight excluding hydrogens is 360 g/mol. The van der Waals surface area contributed by atoms with Gasteiger partial charge in [-0.2, -0.15) is 0 Å². The van der Waals surface area contributed by atoms with Gasteiger partial charge in [0, 0.05) is 5.56 Å². The Balaban J connectivity index is 2.27. The normalized spacial score (nSPS) is 10.6. The summed E-state index contributed by atoms with van der Waals surface area (Å²) in [7, 11) is 0. The molecule has 0 aliphatic carbocycles. The summed E-state index contributed by atoms with van der Waals surface area (Å²) < 4.78 is 6.35. The minimum atomic E-state index is -0.0594. The van der Waals surface area contributed by atoms with E-state index >= 15 is 0 Å². The van der Waals surface area contributed by atoms with Gasteiger partial charge < -0.3 is 4.74 Å². The predicted octanol–water partition coefficient (Wildman–Crippen LogP) is 5.49. The number of ketones is 1. The quantitative estimate of drug-likeness (QED) is 0.648. The van der Waals surface area contributed by atoms with Gasteiger partial charge in [-0.1, -0.05) is 18.5 Å². The van der Waals surface area contributed by atoms with E-state index in [-0.39, 0.29) is 5.78 Å². The average Bonchev–Trinajstić information content (AvgIpc) is 2.77. The van der Waals surface area contributed by atoms with Gasteiger partial charge in [-0.25, -0.2) is 0 Å². The lowest BCUT2D eigenvalue weighted by Gasteiger charge is -2.08. The summed E-state index contributed by atoms with van der Waals surface area (Å²) in [6.07, 6.45) is 0.942. The number of hydrogen-bond acceptors (Lipinski definition) is 3. The summed E-state index contributed by atoms with van der Waals surface area (Å²) in [5.41, 5.74) is 1.53. The van der Waals surface area contributed by atoms with Gasteiger partial charge in [0.25, 0.3) is 0 Å². The molecule has 0 atom stereocenters. The van der Waals surface area contributed by atoms with E-state index in [0.717, 1.165) is 22.2 Å².